The highest BCUT2D eigenvalue weighted by molar-refractivity contribution is 6.35. The van der Waals surface area contributed by atoms with Crippen LogP contribution >= 0.6 is 11.6 Å². The van der Waals surface area contributed by atoms with E-state index in [0.717, 1.165) is 31.2 Å². The first-order valence-corrected chi connectivity index (χ1v) is 8.43. The molecule has 23 heavy (non-hydrogen) atoms. The number of hydrogen-bond acceptors (Lipinski definition) is 3. The molecule has 0 aromatic heterocycles. The van der Waals surface area contributed by atoms with Crippen molar-refractivity contribution in [1.29, 1.82) is 0 Å². The summed E-state index contributed by atoms with van der Waals surface area (Å²) in [6.45, 7) is 0.306. The minimum absolute atomic E-state index is 0.114. The summed E-state index contributed by atoms with van der Waals surface area (Å²) in [5.41, 5.74) is 0.748. The van der Waals surface area contributed by atoms with Gasteiger partial charge in [0.1, 0.15) is 0 Å². The van der Waals surface area contributed by atoms with Crippen molar-refractivity contribution in [2.45, 2.75) is 44.8 Å². The standard InChI is InChI=1S/C17H23ClN2O3/c18-14-9-5-4-8-13(14)10-19-16(22)17(23)20-11-15(21)12-6-2-1-3-7-12/h4-5,8-9,12,15,21H,1-3,6-7,10-11H2,(H,19,22)(H,20,23). The van der Waals surface area contributed by atoms with Crippen LogP contribution in [-0.2, 0) is 16.1 Å². The lowest BCUT2D eigenvalue weighted by Gasteiger charge is -2.26. The molecule has 126 valence electrons. The fourth-order valence-electron chi connectivity index (χ4n) is 2.86. The fourth-order valence-corrected chi connectivity index (χ4v) is 3.06. The van der Waals surface area contributed by atoms with Gasteiger partial charge in [0.15, 0.2) is 0 Å². The van der Waals surface area contributed by atoms with Gasteiger partial charge in [0.25, 0.3) is 0 Å². The van der Waals surface area contributed by atoms with Crippen LogP contribution in [0.15, 0.2) is 24.3 Å². The molecule has 2 rings (SSSR count). The molecule has 1 aromatic rings. The number of amides is 2. The van der Waals surface area contributed by atoms with Crippen LogP contribution in [0, 0.1) is 5.92 Å². The van der Waals surface area contributed by atoms with Gasteiger partial charge in [-0.1, -0.05) is 49.1 Å². The van der Waals surface area contributed by atoms with Crippen molar-refractivity contribution in [2.75, 3.05) is 6.54 Å². The van der Waals surface area contributed by atoms with E-state index in [1.54, 1.807) is 18.2 Å². The number of rotatable bonds is 5. The summed E-state index contributed by atoms with van der Waals surface area (Å²) in [6, 6.07) is 7.12. The highest BCUT2D eigenvalue weighted by atomic mass is 35.5. The Hall–Kier alpha value is -1.59. The summed E-state index contributed by atoms with van der Waals surface area (Å²) in [6.07, 6.45) is 4.82. The average molecular weight is 339 g/mol. The minimum Gasteiger partial charge on any atom is -0.391 e. The van der Waals surface area contributed by atoms with Gasteiger partial charge >= 0.3 is 11.8 Å². The van der Waals surface area contributed by atoms with Crippen LogP contribution in [-0.4, -0.2) is 29.6 Å². The first kappa shape index (κ1) is 17.8. The predicted octanol–water partition coefficient (Wildman–Crippen LogP) is 2.01. The maximum atomic E-state index is 11.8. The molecule has 1 atom stereocenters. The number of benzene rings is 1. The number of carbonyl (C=O) groups excluding carboxylic acids is 2. The molecular weight excluding hydrogens is 316 g/mol. The zero-order valence-electron chi connectivity index (χ0n) is 13.1. The Labute approximate surface area is 141 Å². The second-order valence-corrected chi connectivity index (χ2v) is 6.36. The highest BCUT2D eigenvalue weighted by Crippen LogP contribution is 2.26. The molecule has 2 amide bonds. The van der Waals surface area contributed by atoms with Crippen molar-refractivity contribution in [3.05, 3.63) is 34.9 Å². The van der Waals surface area contributed by atoms with Gasteiger partial charge in [-0.2, -0.15) is 0 Å². The van der Waals surface area contributed by atoms with E-state index in [2.05, 4.69) is 10.6 Å². The maximum absolute atomic E-state index is 11.8. The molecule has 6 heteroatoms. The van der Waals surface area contributed by atoms with Crippen LogP contribution in [0.3, 0.4) is 0 Å². The van der Waals surface area contributed by atoms with Gasteiger partial charge in [-0.05, 0) is 30.4 Å². The summed E-state index contributed by atoms with van der Waals surface area (Å²) in [7, 11) is 0. The lowest BCUT2D eigenvalue weighted by Crippen LogP contribution is -2.44. The van der Waals surface area contributed by atoms with Gasteiger partial charge in [-0.25, -0.2) is 0 Å². The van der Waals surface area contributed by atoms with Crippen LogP contribution in [0.1, 0.15) is 37.7 Å². The lowest BCUT2D eigenvalue weighted by atomic mass is 9.85. The molecule has 1 aliphatic rings. The molecular formula is C17H23ClN2O3. The van der Waals surface area contributed by atoms with E-state index in [4.69, 9.17) is 11.6 Å². The molecule has 1 aromatic carbocycles. The molecule has 0 radical (unpaired) electrons. The van der Waals surface area contributed by atoms with Crippen molar-refractivity contribution in [3.8, 4) is 0 Å². The topological polar surface area (TPSA) is 78.4 Å². The molecule has 0 aliphatic heterocycles. The van der Waals surface area contributed by atoms with Gasteiger partial charge in [-0.15, -0.1) is 0 Å². The number of aliphatic hydroxyl groups is 1. The molecule has 0 spiro atoms. The number of nitrogens with one attached hydrogen (secondary N) is 2. The molecule has 1 saturated carbocycles. The second-order valence-electron chi connectivity index (χ2n) is 5.95. The molecule has 0 heterocycles. The summed E-state index contributed by atoms with van der Waals surface area (Å²) < 4.78 is 0. The van der Waals surface area contributed by atoms with E-state index in [1.165, 1.54) is 6.42 Å². The van der Waals surface area contributed by atoms with Crippen LogP contribution in [0.2, 0.25) is 5.02 Å². The van der Waals surface area contributed by atoms with Crippen LogP contribution in [0.4, 0.5) is 0 Å². The third-order valence-electron chi connectivity index (χ3n) is 4.27. The van der Waals surface area contributed by atoms with Crippen LogP contribution in [0.25, 0.3) is 0 Å². The Morgan fingerprint density at radius 3 is 2.48 bits per heavy atom. The third kappa shape index (κ3) is 5.52. The zero-order chi connectivity index (χ0) is 16.7. The van der Waals surface area contributed by atoms with Gasteiger partial charge in [-0.3, -0.25) is 9.59 Å². The smallest absolute Gasteiger partial charge is 0.309 e. The zero-order valence-corrected chi connectivity index (χ0v) is 13.8. The van der Waals surface area contributed by atoms with Crippen molar-refractivity contribution in [2.24, 2.45) is 5.92 Å². The predicted molar refractivity (Wildman–Crippen MR) is 88.9 cm³/mol. The van der Waals surface area contributed by atoms with Crippen molar-refractivity contribution in [1.82, 2.24) is 10.6 Å². The van der Waals surface area contributed by atoms with Crippen LogP contribution in [0.5, 0.6) is 0 Å². The Morgan fingerprint density at radius 1 is 1.13 bits per heavy atom. The molecule has 0 bridgehead atoms. The molecule has 0 saturated heterocycles. The first-order valence-electron chi connectivity index (χ1n) is 8.05. The van der Waals surface area contributed by atoms with E-state index >= 15 is 0 Å². The van der Waals surface area contributed by atoms with Gasteiger partial charge in [0, 0.05) is 18.1 Å². The van der Waals surface area contributed by atoms with E-state index in [1.807, 2.05) is 6.07 Å². The normalized spacial score (nSPS) is 16.6. The summed E-state index contributed by atoms with van der Waals surface area (Å²) in [4.78, 5) is 23.5. The maximum Gasteiger partial charge on any atom is 0.309 e. The molecule has 1 unspecified atom stereocenters. The summed E-state index contributed by atoms with van der Waals surface area (Å²) in [5, 5.41) is 15.6. The summed E-state index contributed by atoms with van der Waals surface area (Å²) in [5.74, 6) is -1.23. The number of aliphatic hydroxyl groups excluding tert-OH is 1. The molecule has 3 N–H and O–H groups in total. The Morgan fingerprint density at radius 2 is 1.78 bits per heavy atom. The SMILES string of the molecule is O=C(NCc1ccccc1Cl)C(=O)NCC(O)C1CCCCC1. The van der Waals surface area contributed by atoms with Gasteiger partial charge < -0.3 is 15.7 Å². The largest absolute Gasteiger partial charge is 0.391 e. The first-order chi connectivity index (χ1) is 11.1. The third-order valence-corrected chi connectivity index (χ3v) is 4.64. The van der Waals surface area contributed by atoms with E-state index < -0.39 is 17.9 Å². The molecule has 1 fully saturated rings. The average Bonchev–Trinajstić information content (AvgIpc) is 2.59. The lowest BCUT2D eigenvalue weighted by molar-refractivity contribution is -0.139. The Balaban J connectivity index is 1.72. The number of halogens is 1. The van der Waals surface area contributed by atoms with E-state index in [0.29, 0.717) is 5.02 Å². The van der Waals surface area contributed by atoms with Crippen molar-refractivity contribution in [3.63, 3.8) is 0 Å². The monoisotopic (exact) mass is 338 g/mol. The number of hydrogen-bond donors (Lipinski definition) is 3. The van der Waals surface area contributed by atoms with Crippen molar-refractivity contribution < 1.29 is 14.7 Å². The molecule has 5 nitrogen and oxygen atoms in total. The second kappa shape index (κ2) is 8.89. The van der Waals surface area contributed by atoms with Crippen molar-refractivity contribution >= 4 is 23.4 Å². The highest BCUT2D eigenvalue weighted by Gasteiger charge is 2.23. The van der Waals surface area contributed by atoms with E-state index in [-0.39, 0.29) is 19.0 Å². The Kier molecular flexibility index (Phi) is 6.86. The van der Waals surface area contributed by atoms with Gasteiger partial charge in [0.05, 0.1) is 6.10 Å². The molecule has 1 aliphatic carbocycles. The minimum atomic E-state index is -0.730. The van der Waals surface area contributed by atoms with Crippen LogP contribution < -0.4 is 10.6 Å². The number of carbonyl (C=O) groups is 2. The summed E-state index contributed by atoms with van der Waals surface area (Å²) >= 11 is 5.99. The Bertz CT molecular complexity index is 544. The van der Waals surface area contributed by atoms with Gasteiger partial charge in [0.2, 0.25) is 0 Å². The van der Waals surface area contributed by atoms with E-state index in [9.17, 15) is 14.7 Å². The quantitative estimate of drug-likeness (QED) is 0.719. The fraction of sp³-hybridized carbons (Fsp3) is 0.529.